The third-order valence-corrected chi connectivity index (χ3v) is 4.03. The van der Waals surface area contributed by atoms with Gasteiger partial charge < -0.3 is 17.7 Å². The fourth-order valence-corrected chi connectivity index (χ4v) is 2.92. The molecule has 0 unspecified atom stereocenters. The van der Waals surface area contributed by atoms with E-state index in [9.17, 15) is 0 Å². The minimum atomic E-state index is 0. The Balaban J connectivity index is 0.00000225. The van der Waals surface area contributed by atoms with Gasteiger partial charge in [-0.2, -0.15) is 4.57 Å². The Morgan fingerprint density at radius 1 is 1.00 bits per heavy atom. The molecule has 0 bridgehead atoms. The van der Waals surface area contributed by atoms with E-state index in [0.29, 0.717) is 0 Å². The fourth-order valence-electron chi connectivity index (χ4n) is 2.92. The lowest BCUT2D eigenvalue weighted by molar-refractivity contribution is -0.592. The van der Waals surface area contributed by atoms with Gasteiger partial charge in [0.05, 0.1) is 18.3 Å². The van der Waals surface area contributed by atoms with Crippen molar-refractivity contribution in [3.63, 3.8) is 0 Å². The molecule has 0 amide bonds. The van der Waals surface area contributed by atoms with Gasteiger partial charge in [0, 0.05) is 14.0 Å². The summed E-state index contributed by atoms with van der Waals surface area (Å²) >= 11 is 0. The SMILES string of the molecule is CCN(c1ccccc1)c1cc(NC)nc(C)[n+]1-c1ccccc1.[Cl-]. The molecular formula is C20H23ClN4. The zero-order chi connectivity index (χ0) is 16.9. The van der Waals surface area contributed by atoms with Crippen LogP contribution in [0, 0.1) is 6.92 Å². The van der Waals surface area contributed by atoms with E-state index in [1.807, 2.05) is 26.1 Å². The standard InChI is InChI=1S/C20H22N4.ClH/c1-4-23(17-11-7-5-8-12-17)20-15-19(21-3)22-16(2)24(20)18-13-9-6-10-14-18;/h5-15H,4H2,1-3H3;1H. The van der Waals surface area contributed by atoms with Crippen LogP contribution in [0.25, 0.3) is 5.69 Å². The Labute approximate surface area is 155 Å². The average molecular weight is 355 g/mol. The van der Waals surface area contributed by atoms with Crippen LogP contribution in [-0.2, 0) is 0 Å². The van der Waals surface area contributed by atoms with Crippen molar-refractivity contribution >= 4 is 17.3 Å². The van der Waals surface area contributed by atoms with Crippen molar-refractivity contribution < 1.29 is 17.0 Å². The number of rotatable bonds is 5. The minimum absolute atomic E-state index is 0. The zero-order valence-corrected chi connectivity index (χ0v) is 15.5. The number of halogens is 1. The van der Waals surface area contributed by atoms with Crippen molar-refractivity contribution in [2.75, 3.05) is 23.8 Å². The third kappa shape index (κ3) is 3.91. The van der Waals surface area contributed by atoms with Gasteiger partial charge in [0.15, 0.2) is 0 Å². The summed E-state index contributed by atoms with van der Waals surface area (Å²) in [6.45, 7) is 5.07. The molecule has 0 saturated heterocycles. The first-order valence-electron chi connectivity index (χ1n) is 8.24. The highest BCUT2D eigenvalue weighted by Gasteiger charge is 2.23. The fraction of sp³-hybridized carbons (Fsp3) is 0.200. The number of nitrogens with one attached hydrogen (secondary N) is 1. The molecule has 2 aromatic carbocycles. The van der Waals surface area contributed by atoms with E-state index in [0.717, 1.165) is 35.4 Å². The molecule has 3 aromatic rings. The maximum absolute atomic E-state index is 4.66. The molecule has 0 aliphatic rings. The Morgan fingerprint density at radius 2 is 1.60 bits per heavy atom. The van der Waals surface area contributed by atoms with Crippen LogP contribution in [0.4, 0.5) is 17.3 Å². The van der Waals surface area contributed by atoms with E-state index in [4.69, 9.17) is 0 Å². The summed E-state index contributed by atoms with van der Waals surface area (Å²) < 4.78 is 2.19. The predicted molar refractivity (Wildman–Crippen MR) is 99.2 cm³/mol. The molecule has 4 nitrogen and oxygen atoms in total. The summed E-state index contributed by atoms with van der Waals surface area (Å²) in [6.07, 6.45) is 0. The van der Waals surface area contributed by atoms with Gasteiger partial charge in [-0.1, -0.05) is 41.4 Å². The molecular weight excluding hydrogens is 332 g/mol. The molecule has 130 valence electrons. The summed E-state index contributed by atoms with van der Waals surface area (Å²) in [5.74, 6) is 2.90. The quantitative estimate of drug-likeness (QED) is 0.690. The number of hydrogen-bond donors (Lipinski definition) is 1. The monoisotopic (exact) mass is 354 g/mol. The average Bonchev–Trinajstić information content (AvgIpc) is 2.63. The number of para-hydroxylation sites is 2. The topological polar surface area (TPSA) is 32.0 Å². The van der Waals surface area contributed by atoms with Gasteiger partial charge >= 0.3 is 0 Å². The van der Waals surface area contributed by atoms with E-state index < -0.39 is 0 Å². The van der Waals surface area contributed by atoms with Crippen LogP contribution in [0.2, 0.25) is 0 Å². The molecule has 5 heteroatoms. The number of nitrogens with zero attached hydrogens (tertiary/aromatic N) is 3. The molecule has 1 heterocycles. The number of aromatic nitrogens is 2. The van der Waals surface area contributed by atoms with Gasteiger partial charge in [-0.25, -0.2) is 0 Å². The van der Waals surface area contributed by atoms with Crippen molar-refractivity contribution in [2.24, 2.45) is 0 Å². The van der Waals surface area contributed by atoms with Crippen LogP contribution in [0.1, 0.15) is 12.7 Å². The molecule has 0 spiro atoms. The second kappa shape index (κ2) is 8.49. The number of aryl methyl sites for hydroxylation is 1. The first-order valence-corrected chi connectivity index (χ1v) is 8.24. The summed E-state index contributed by atoms with van der Waals surface area (Å²) in [6, 6.07) is 22.9. The Hall–Kier alpha value is -2.59. The van der Waals surface area contributed by atoms with E-state index >= 15 is 0 Å². The molecule has 0 aliphatic heterocycles. The van der Waals surface area contributed by atoms with Crippen LogP contribution in [0.3, 0.4) is 0 Å². The van der Waals surface area contributed by atoms with Gasteiger partial charge in [0.1, 0.15) is 5.69 Å². The van der Waals surface area contributed by atoms with Crippen molar-refractivity contribution in [3.05, 3.63) is 72.6 Å². The highest BCUT2D eigenvalue weighted by Crippen LogP contribution is 2.25. The molecule has 0 fully saturated rings. The van der Waals surface area contributed by atoms with Crippen molar-refractivity contribution in [1.82, 2.24) is 4.98 Å². The molecule has 3 rings (SSSR count). The number of benzene rings is 2. The first-order chi connectivity index (χ1) is 11.7. The van der Waals surface area contributed by atoms with Crippen LogP contribution in [0.5, 0.6) is 0 Å². The van der Waals surface area contributed by atoms with Crippen molar-refractivity contribution in [2.45, 2.75) is 13.8 Å². The molecule has 25 heavy (non-hydrogen) atoms. The first kappa shape index (κ1) is 18.7. The highest BCUT2D eigenvalue weighted by molar-refractivity contribution is 5.60. The summed E-state index contributed by atoms with van der Waals surface area (Å²) in [7, 11) is 1.90. The largest absolute Gasteiger partial charge is 1.00 e. The summed E-state index contributed by atoms with van der Waals surface area (Å²) in [5, 5.41) is 3.17. The van der Waals surface area contributed by atoms with Gasteiger partial charge in [-0.3, -0.25) is 4.90 Å². The molecule has 1 aromatic heterocycles. The van der Waals surface area contributed by atoms with Gasteiger partial charge in [-0.05, 0) is 31.2 Å². The van der Waals surface area contributed by atoms with Gasteiger partial charge in [0.25, 0.3) is 0 Å². The highest BCUT2D eigenvalue weighted by atomic mass is 35.5. The van der Waals surface area contributed by atoms with Crippen LogP contribution >= 0.6 is 0 Å². The molecule has 0 atom stereocenters. The van der Waals surface area contributed by atoms with Gasteiger partial charge in [0.2, 0.25) is 17.5 Å². The number of hydrogen-bond acceptors (Lipinski definition) is 3. The van der Waals surface area contributed by atoms with Crippen LogP contribution in [0.15, 0.2) is 66.7 Å². The molecule has 0 saturated carbocycles. The van der Waals surface area contributed by atoms with Crippen molar-refractivity contribution in [3.8, 4) is 5.69 Å². The van der Waals surface area contributed by atoms with Crippen molar-refractivity contribution in [1.29, 1.82) is 0 Å². The number of anilines is 3. The summed E-state index contributed by atoms with van der Waals surface area (Å²) in [5.41, 5.74) is 2.27. The third-order valence-electron chi connectivity index (χ3n) is 4.03. The molecule has 1 N–H and O–H groups in total. The van der Waals surface area contributed by atoms with Crippen LogP contribution in [-0.4, -0.2) is 18.6 Å². The maximum Gasteiger partial charge on any atom is 0.242 e. The lowest BCUT2D eigenvalue weighted by Gasteiger charge is -2.21. The van der Waals surface area contributed by atoms with E-state index in [1.54, 1.807) is 0 Å². The summed E-state index contributed by atoms with van der Waals surface area (Å²) in [4.78, 5) is 6.96. The maximum atomic E-state index is 4.66. The second-order valence-corrected chi connectivity index (χ2v) is 5.55. The van der Waals surface area contributed by atoms with E-state index in [2.05, 4.69) is 81.3 Å². The Bertz CT molecular complexity index is 807. The lowest BCUT2D eigenvalue weighted by atomic mass is 10.2. The predicted octanol–water partition coefficient (Wildman–Crippen LogP) is 0.870. The van der Waals surface area contributed by atoms with Gasteiger partial charge in [-0.15, -0.1) is 0 Å². The lowest BCUT2D eigenvalue weighted by Crippen LogP contribution is -3.00. The Kier molecular flexibility index (Phi) is 6.37. The van der Waals surface area contributed by atoms with E-state index in [-0.39, 0.29) is 12.4 Å². The smallest absolute Gasteiger partial charge is 0.242 e. The minimum Gasteiger partial charge on any atom is -1.00 e. The van der Waals surface area contributed by atoms with E-state index in [1.165, 1.54) is 0 Å². The Morgan fingerprint density at radius 3 is 2.16 bits per heavy atom. The molecule has 0 radical (unpaired) electrons. The second-order valence-electron chi connectivity index (χ2n) is 5.55. The normalized spacial score (nSPS) is 10.0. The van der Waals surface area contributed by atoms with Crippen LogP contribution < -0.4 is 27.2 Å². The molecule has 0 aliphatic carbocycles. The zero-order valence-electron chi connectivity index (χ0n) is 14.8.